The number of nitrogens with one attached hydrogen (secondary N) is 1. The highest BCUT2D eigenvalue weighted by atomic mass is 32.1. The molecule has 0 aliphatic carbocycles. The van der Waals surface area contributed by atoms with Crippen LogP contribution in [-0.2, 0) is 0 Å². The summed E-state index contributed by atoms with van der Waals surface area (Å²) in [4.78, 5) is 25.0. The van der Waals surface area contributed by atoms with Gasteiger partial charge in [0, 0.05) is 29.0 Å². The first-order valence-corrected chi connectivity index (χ1v) is 6.70. The van der Waals surface area contributed by atoms with Crippen LogP contribution in [0.2, 0.25) is 0 Å². The summed E-state index contributed by atoms with van der Waals surface area (Å²) in [6.07, 6.45) is 0. The van der Waals surface area contributed by atoms with Gasteiger partial charge in [0.05, 0.1) is 10.5 Å². The van der Waals surface area contributed by atoms with Gasteiger partial charge < -0.3 is 4.98 Å². The molecule has 0 bridgehead atoms. The third-order valence-corrected chi connectivity index (χ3v) is 3.54. The number of nitriles is 1. The molecule has 1 aromatic heterocycles. The molecule has 0 saturated heterocycles. The van der Waals surface area contributed by atoms with Crippen LogP contribution in [0, 0.1) is 33.0 Å². The zero-order valence-electron chi connectivity index (χ0n) is 11.8. The minimum Gasteiger partial charge on any atom is -0.349 e. The molecule has 0 fully saturated rings. The third kappa shape index (κ3) is 2.64. The van der Waals surface area contributed by atoms with Gasteiger partial charge in [-0.15, -0.1) is 0 Å². The molecule has 22 heavy (non-hydrogen) atoms. The normalized spacial score (nSPS) is 10.0. The van der Waals surface area contributed by atoms with Crippen LogP contribution in [0.5, 0.6) is 0 Å². The average Bonchev–Trinajstić information content (AvgIpc) is 2.46. The fourth-order valence-electron chi connectivity index (χ4n) is 2.31. The number of non-ortho nitro benzene ring substituents is 1. The number of nitrogens with zero attached hydrogens (tertiary/aromatic N) is 2. The third-order valence-electron chi connectivity index (χ3n) is 3.23. The van der Waals surface area contributed by atoms with Gasteiger partial charge in [0.25, 0.3) is 5.69 Å². The lowest BCUT2D eigenvalue weighted by atomic mass is 9.93. The molecule has 6 nitrogen and oxygen atoms in total. The van der Waals surface area contributed by atoms with E-state index in [9.17, 15) is 20.2 Å². The Morgan fingerprint density at radius 1 is 1.36 bits per heavy atom. The van der Waals surface area contributed by atoms with Crippen LogP contribution < -0.4 is 0 Å². The van der Waals surface area contributed by atoms with Crippen LogP contribution >= 0.6 is 12.2 Å². The first-order chi connectivity index (χ1) is 10.4. The fraction of sp³-hybridized carbons (Fsp3) is 0.133. The van der Waals surface area contributed by atoms with Crippen LogP contribution in [0.1, 0.15) is 28.5 Å². The number of carbonyl (C=O) groups excluding carboxylic acids is 1. The molecule has 1 heterocycles. The number of aromatic nitrogens is 1. The van der Waals surface area contributed by atoms with E-state index in [2.05, 4.69) is 4.98 Å². The number of hydrogen-bond acceptors (Lipinski definition) is 5. The van der Waals surface area contributed by atoms with E-state index >= 15 is 0 Å². The number of nitro benzene ring substituents is 1. The summed E-state index contributed by atoms with van der Waals surface area (Å²) < 4.78 is 0.235. The van der Waals surface area contributed by atoms with Gasteiger partial charge in [0.1, 0.15) is 10.7 Å². The number of pyridine rings is 1. The first kappa shape index (κ1) is 15.5. The van der Waals surface area contributed by atoms with Gasteiger partial charge >= 0.3 is 0 Å². The maximum atomic E-state index is 11.9. The summed E-state index contributed by atoms with van der Waals surface area (Å²) in [5.41, 5.74) is 1.98. The SMILES string of the molecule is CC(=O)c1c(C)[nH]c(=S)c(C#N)c1-c1ccc([N+](=O)[O-])cc1. The Balaban J connectivity index is 2.83. The Labute approximate surface area is 131 Å². The number of hydrogen-bond donors (Lipinski definition) is 1. The summed E-state index contributed by atoms with van der Waals surface area (Å²) in [5.74, 6) is -0.214. The predicted molar refractivity (Wildman–Crippen MR) is 83.2 cm³/mol. The number of aryl methyl sites for hydroxylation is 1. The van der Waals surface area contributed by atoms with Crippen molar-refractivity contribution < 1.29 is 9.72 Å². The minimum atomic E-state index is -0.511. The summed E-state index contributed by atoms with van der Waals surface area (Å²) in [5, 5.41) is 20.1. The Hall–Kier alpha value is -2.85. The number of benzene rings is 1. The van der Waals surface area contributed by atoms with Gasteiger partial charge in [-0.2, -0.15) is 5.26 Å². The van der Waals surface area contributed by atoms with E-state index in [1.165, 1.54) is 31.2 Å². The van der Waals surface area contributed by atoms with Crippen molar-refractivity contribution in [2.24, 2.45) is 0 Å². The molecular formula is C15H11N3O3S. The largest absolute Gasteiger partial charge is 0.349 e. The smallest absolute Gasteiger partial charge is 0.269 e. The van der Waals surface area contributed by atoms with Gasteiger partial charge in [-0.05, 0) is 31.5 Å². The van der Waals surface area contributed by atoms with E-state index in [0.29, 0.717) is 22.4 Å². The second-order valence-corrected chi connectivity index (χ2v) is 5.08. The van der Waals surface area contributed by atoms with E-state index < -0.39 is 4.92 Å². The molecule has 0 spiro atoms. The van der Waals surface area contributed by atoms with Crippen LogP contribution in [0.3, 0.4) is 0 Å². The Morgan fingerprint density at radius 3 is 2.41 bits per heavy atom. The van der Waals surface area contributed by atoms with Gasteiger partial charge in [0.2, 0.25) is 0 Å². The predicted octanol–water partition coefficient (Wildman–Crippen LogP) is 3.70. The molecular weight excluding hydrogens is 302 g/mol. The zero-order chi connectivity index (χ0) is 16.4. The maximum Gasteiger partial charge on any atom is 0.269 e. The number of Topliss-reactive ketones (excluding diaryl/α,β-unsaturated/α-hetero) is 1. The van der Waals surface area contributed by atoms with Crippen molar-refractivity contribution in [2.75, 3.05) is 0 Å². The Kier molecular flexibility index (Phi) is 4.15. The molecule has 0 aliphatic rings. The lowest BCUT2D eigenvalue weighted by Gasteiger charge is -2.12. The summed E-state index contributed by atoms with van der Waals surface area (Å²) >= 11 is 5.14. The van der Waals surface area contributed by atoms with Gasteiger partial charge in [-0.3, -0.25) is 14.9 Å². The molecule has 7 heteroatoms. The molecule has 110 valence electrons. The fourth-order valence-corrected chi connectivity index (χ4v) is 2.61. The number of rotatable bonds is 3. The van der Waals surface area contributed by atoms with Crippen molar-refractivity contribution in [3.05, 3.63) is 55.8 Å². The molecule has 0 aliphatic heterocycles. The number of carbonyl (C=O) groups is 1. The number of nitro groups is 1. The Morgan fingerprint density at radius 2 is 1.95 bits per heavy atom. The highest BCUT2D eigenvalue weighted by molar-refractivity contribution is 7.71. The van der Waals surface area contributed by atoms with Crippen molar-refractivity contribution >= 4 is 23.7 Å². The zero-order valence-corrected chi connectivity index (χ0v) is 12.7. The summed E-state index contributed by atoms with van der Waals surface area (Å²) in [7, 11) is 0. The second-order valence-electron chi connectivity index (χ2n) is 4.68. The average molecular weight is 313 g/mol. The number of ketones is 1. The lowest BCUT2D eigenvalue weighted by Crippen LogP contribution is -2.05. The van der Waals surface area contributed by atoms with Crippen molar-refractivity contribution in [2.45, 2.75) is 13.8 Å². The van der Waals surface area contributed by atoms with Gasteiger partial charge in [0.15, 0.2) is 5.78 Å². The Bertz CT molecular complexity index is 877. The molecule has 2 rings (SSSR count). The number of aromatic amines is 1. The van der Waals surface area contributed by atoms with Crippen molar-refractivity contribution in [1.29, 1.82) is 5.26 Å². The van der Waals surface area contributed by atoms with E-state index in [-0.39, 0.29) is 21.7 Å². The van der Waals surface area contributed by atoms with Crippen molar-refractivity contribution in [1.82, 2.24) is 4.98 Å². The van der Waals surface area contributed by atoms with Crippen LogP contribution in [0.15, 0.2) is 24.3 Å². The summed E-state index contributed by atoms with van der Waals surface area (Å²) in [6, 6.07) is 7.68. The van der Waals surface area contributed by atoms with E-state index in [4.69, 9.17) is 12.2 Å². The van der Waals surface area contributed by atoms with Crippen LogP contribution in [0.4, 0.5) is 5.69 Å². The molecule has 2 aromatic rings. The second kappa shape index (κ2) is 5.87. The molecule has 0 atom stereocenters. The highest BCUT2D eigenvalue weighted by Gasteiger charge is 2.19. The molecule has 1 N–H and O–H groups in total. The quantitative estimate of drug-likeness (QED) is 0.403. The van der Waals surface area contributed by atoms with Crippen LogP contribution in [-0.4, -0.2) is 15.7 Å². The topological polar surface area (TPSA) is 99.8 Å². The molecule has 0 unspecified atom stereocenters. The minimum absolute atomic E-state index is 0.0653. The van der Waals surface area contributed by atoms with Crippen LogP contribution in [0.25, 0.3) is 11.1 Å². The molecule has 0 saturated carbocycles. The van der Waals surface area contributed by atoms with E-state index in [0.717, 1.165) is 0 Å². The molecule has 1 aromatic carbocycles. The van der Waals surface area contributed by atoms with Gasteiger partial charge in [-0.1, -0.05) is 12.2 Å². The maximum absolute atomic E-state index is 11.9. The number of H-pyrrole nitrogens is 1. The van der Waals surface area contributed by atoms with E-state index in [1.54, 1.807) is 6.92 Å². The standard InChI is InChI=1S/C15H11N3O3S/c1-8-13(9(2)19)14(12(7-16)15(22)17-8)10-3-5-11(6-4-10)18(20)21/h3-6H,1-2H3,(H,17,22). The monoisotopic (exact) mass is 313 g/mol. The lowest BCUT2D eigenvalue weighted by molar-refractivity contribution is -0.384. The molecule has 0 radical (unpaired) electrons. The van der Waals surface area contributed by atoms with Crippen molar-refractivity contribution in [3.8, 4) is 17.2 Å². The van der Waals surface area contributed by atoms with E-state index in [1.807, 2.05) is 6.07 Å². The molecule has 0 amide bonds. The highest BCUT2D eigenvalue weighted by Crippen LogP contribution is 2.31. The first-order valence-electron chi connectivity index (χ1n) is 6.29. The van der Waals surface area contributed by atoms with Crippen molar-refractivity contribution in [3.63, 3.8) is 0 Å². The van der Waals surface area contributed by atoms with Gasteiger partial charge in [-0.25, -0.2) is 0 Å². The summed E-state index contributed by atoms with van der Waals surface area (Å²) in [6.45, 7) is 3.10.